The molecule has 1 aromatic carbocycles. The van der Waals surface area contributed by atoms with Gasteiger partial charge in [0.1, 0.15) is 12.4 Å². The first-order valence-electron chi connectivity index (χ1n) is 18.9. The number of fused-ring (bicyclic) bond motifs is 2. The van der Waals surface area contributed by atoms with Crippen LogP contribution in [0.4, 0.5) is 4.79 Å². The van der Waals surface area contributed by atoms with Gasteiger partial charge >= 0.3 is 18.0 Å². The van der Waals surface area contributed by atoms with Crippen LogP contribution in [-0.4, -0.2) is 91.0 Å². The van der Waals surface area contributed by atoms with Gasteiger partial charge < -0.3 is 23.7 Å². The van der Waals surface area contributed by atoms with Gasteiger partial charge in [-0.3, -0.25) is 19.2 Å². The van der Waals surface area contributed by atoms with E-state index in [1.807, 2.05) is 70.2 Å². The molecule has 1 aromatic rings. The van der Waals surface area contributed by atoms with Crippen LogP contribution in [0.5, 0.6) is 0 Å². The minimum Gasteiger partial charge on any atom is -0.468 e. The van der Waals surface area contributed by atoms with Gasteiger partial charge in [-0.15, -0.1) is 0 Å². The van der Waals surface area contributed by atoms with Crippen LogP contribution < -0.4 is 0 Å². The van der Waals surface area contributed by atoms with E-state index in [0.717, 1.165) is 36.1 Å². The van der Waals surface area contributed by atoms with E-state index in [1.165, 1.54) is 26.0 Å². The van der Waals surface area contributed by atoms with Crippen molar-refractivity contribution in [3.05, 3.63) is 59.7 Å². The number of carbonyl (C=O) groups is 5. The first-order chi connectivity index (χ1) is 25.4. The number of amides is 2. The average molecular weight is 754 g/mol. The maximum atomic E-state index is 15.4. The second-order valence-corrected chi connectivity index (χ2v) is 16.3. The summed E-state index contributed by atoms with van der Waals surface area (Å²) in [5, 5.41) is -0.639. The molecule has 12 heteroatoms. The molecule has 53 heavy (non-hydrogen) atoms. The van der Waals surface area contributed by atoms with Crippen LogP contribution >= 0.6 is 11.8 Å². The molecule has 0 spiro atoms. The Bertz CT molecular complexity index is 1540. The standard InChI is InChI=1S/C41H55NO10S/c1-7-9-10-11-12-16-19-27-21-32-35(53-8-2)33(30(27)22-29-25-51-40(3,4)52-29)34(43)31(23-41(32,37(45)48-5)38(46)49-6)36(44)42-28(24-50-39(42)47)20-26-17-14-13-15-18-26/h7,9,13-15,17-18,21,27-31,33,35H,8,10-12,16,19-20,22-25H2,1-6H3/b9-7+/t27-,28-,29-,30+,31-,33-,35+/m0/s1. The molecule has 5 rings (SSSR count). The summed E-state index contributed by atoms with van der Waals surface area (Å²) in [4.78, 5) is 73.1. The SMILES string of the molecule is C/C=C/CCCCC[C@H]1C=C2[C@@H](SCC)[C@H](C(=O)[C@@H](C(=O)N3C(=O)OC[C@@H]3Cc3ccccc3)CC2(C(=O)OC)C(=O)OC)[C@@H]1C[C@H]1COC(C)(C)O1. The van der Waals surface area contributed by atoms with Crippen LogP contribution in [0.25, 0.3) is 0 Å². The maximum absolute atomic E-state index is 15.4. The van der Waals surface area contributed by atoms with Crippen LogP contribution in [0.15, 0.2) is 54.1 Å². The van der Waals surface area contributed by atoms with Crippen LogP contribution in [0, 0.1) is 29.1 Å². The zero-order chi connectivity index (χ0) is 38.3. The molecule has 290 valence electrons. The smallest absolute Gasteiger partial charge is 0.417 e. The molecule has 0 aromatic heterocycles. The van der Waals surface area contributed by atoms with E-state index in [-0.39, 0.29) is 24.5 Å². The number of Topliss-reactive ketones (excluding diaryl/α,β-unsaturated/α-hetero) is 1. The molecule has 2 heterocycles. The van der Waals surface area contributed by atoms with Gasteiger partial charge in [-0.2, -0.15) is 11.8 Å². The second-order valence-electron chi connectivity index (χ2n) is 14.9. The highest BCUT2D eigenvalue weighted by atomic mass is 32.2. The lowest BCUT2D eigenvalue weighted by molar-refractivity contribution is -0.167. The number of nitrogens with zero attached hydrogens (tertiary/aromatic N) is 1. The Balaban J connectivity index is 1.64. The summed E-state index contributed by atoms with van der Waals surface area (Å²) in [6.07, 6.45) is 9.77. The first kappa shape index (κ1) is 40.7. The molecule has 2 amide bonds. The predicted molar refractivity (Wildman–Crippen MR) is 200 cm³/mol. The van der Waals surface area contributed by atoms with Gasteiger partial charge in [-0.1, -0.05) is 68.3 Å². The van der Waals surface area contributed by atoms with Crippen molar-refractivity contribution in [2.45, 2.75) is 102 Å². The van der Waals surface area contributed by atoms with Gasteiger partial charge in [-0.25, -0.2) is 9.69 Å². The van der Waals surface area contributed by atoms with Crippen molar-refractivity contribution < 1.29 is 47.7 Å². The third-order valence-corrected chi connectivity index (χ3v) is 12.4. The van der Waals surface area contributed by atoms with E-state index < -0.39 is 70.5 Å². The summed E-state index contributed by atoms with van der Waals surface area (Å²) in [6.45, 7) is 7.98. The van der Waals surface area contributed by atoms with Crippen molar-refractivity contribution in [1.82, 2.24) is 4.90 Å². The number of rotatable bonds is 15. The van der Waals surface area contributed by atoms with E-state index >= 15 is 4.79 Å². The normalized spacial score (nSPS) is 29.1. The Labute approximate surface area is 317 Å². The average Bonchev–Trinajstić information content (AvgIpc) is 3.67. The van der Waals surface area contributed by atoms with Gasteiger partial charge in [0, 0.05) is 11.2 Å². The lowest BCUT2D eigenvalue weighted by Crippen LogP contribution is -2.50. The molecular weight excluding hydrogens is 699 g/mol. The molecule has 0 radical (unpaired) electrons. The summed E-state index contributed by atoms with van der Waals surface area (Å²) >= 11 is 1.47. The number of esters is 2. The van der Waals surface area contributed by atoms with E-state index in [0.29, 0.717) is 37.2 Å². The fraction of sp³-hybridized carbons (Fsp3) is 0.634. The van der Waals surface area contributed by atoms with Gasteiger partial charge in [0.15, 0.2) is 11.2 Å². The number of ketones is 1. The molecule has 2 saturated heterocycles. The molecular formula is C41H55NO10S. The zero-order valence-electron chi connectivity index (χ0n) is 31.9. The molecule has 11 nitrogen and oxygen atoms in total. The van der Waals surface area contributed by atoms with Crippen LogP contribution in [0.3, 0.4) is 0 Å². The summed E-state index contributed by atoms with van der Waals surface area (Å²) in [7, 11) is 2.38. The Hall–Kier alpha value is -3.48. The van der Waals surface area contributed by atoms with Crippen molar-refractivity contribution in [3.63, 3.8) is 0 Å². The number of benzene rings is 1. The predicted octanol–water partition coefficient (Wildman–Crippen LogP) is 6.48. The summed E-state index contributed by atoms with van der Waals surface area (Å²) in [6, 6.07) is 8.72. The third kappa shape index (κ3) is 8.60. The lowest BCUT2D eigenvalue weighted by Gasteiger charge is -2.44. The van der Waals surface area contributed by atoms with Gasteiger partial charge in [0.05, 0.1) is 38.9 Å². The highest BCUT2D eigenvalue weighted by Crippen LogP contribution is 2.56. The molecule has 1 saturated carbocycles. The number of unbranched alkanes of at least 4 members (excludes halogenated alkanes) is 3. The molecule has 2 bridgehead atoms. The Kier molecular flexibility index (Phi) is 13.6. The summed E-state index contributed by atoms with van der Waals surface area (Å²) in [5.74, 6) is -6.06. The Morgan fingerprint density at radius 3 is 2.36 bits per heavy atom. The number of imide groups is 1. The molecule has 2 aliphatic carbocycles. The van der Waals surface area contributed by atoms with Crippen molar-refractivity contribution in [2.75, 3.05) is 33.2 Å². The van der Waals surface area contributed by atoms with Crippen molar-refractivity contribution >= 4 is 41.5 Å². The lowest BCUT2D eigenvalue weighted by atomic mass is 9.64. The third-order valence-electron chi connectivity index (χ3n) is 11.2. The highest BCUT2D eigenvalue weighted by Gasteiger charge is 2.64. The van der Waals surface area contributed by atoms with Gasteiger partial charge in [-0.05, 0) is 88.0 Å². The van der Waals surface area contributed by atoms with E-state index in [4.69, 9.17) is 23.7 Å². The number of hydrogen-bond donors (Lipinski definition) is 0. The van der Waals surface area contributed by atoms with Crippen LogP contribution in [0.1, 0.15) is 78.2 Å². The molecule has 0 unspecified atom stereocenters. The first-order valence-corrected chi connectivity index (χ1v) is 20.0. The monoisotopic (exact) mass is 753 g/mol. The molecule has 0 N–H and O–H groups in total. The number of carbonyl (C=O) groups excluding carboxylic acids is 5. The minimum absolute atomic E-state index is 0.0457. The number of thioether (sulfide) groups is 1. The summed E-state index contributed by atoms with van der Waals surface area (Å²) < 4.78 is 28.4. The van der Waals surface area contributed by atoms with Crippen molar-refractivity contribution in [3.8, 4) is 0 Å². The molecule has 7 atom stereocenters. The highest BCUT2D eigenvalue weighted by molar-refractivity contribution is 8.00. The Morgan fingerprint density at radius 2 is 1.74 bits per heavy atom. The number of allylic oxidation sites excluding steroid dienone is 3. The van der Waals surface area contributed by atoms with Crippen molar-refractivity contribution in [1.29, 1.82) is 0 Å². The summed E-state index contributed by atoms with van der Waals surface area (Å²) in [5.41, 5.74) is -0.764. The number of ether oxygens (including phenoxy) is 5. The number of cyclic esters (lactones) is 1. The van der Waals surface area contributed by atoms with Crippen LogP contribution in [0.2, 0.25) is 0 Å². The fourth-order valence-electron chi connectivity index (χ4n) is 8.77. The quantitative estimate of drug-likeness (QED) is 0.0641. The van der Waals surface area contributed by atoms with E-state index in [1.54, 1.807) is 0 Å². The maximum Gasteiger partial charge on any atom is 0.417 e. The van der Waals surface area contributed by atoms with E-state index in [9.17, 15) is 19.2 Å². The topological polar surface area (TPSA) is 135 Å². The molecule has 4 aliphatic rings. The number of hydrogen-bond acceptors (Lipinski definition) is 11. The van der Waals surface area contributed by atoms with Gasteiger partial charge in [0.2, 0.25) is 5.91 Å². The zero-order valence-corrected chi connectivity index (χ0v) is 32.7. The molecule has 2 aliphatic heterocycles. The minimum atomic E-state index is -2.09. The second kappa shape index (κ2) is 17.8. The van der Waals surface area contributed by atoms with Gasteiger partial charge in [0.25, 0.3) is 0 Å². The van der Waals surface area contributed by atoms with E-state index in [2.05, 4.69) is 6.08 Å². The number of methoxy groups -OCH3 is 2. The fourth-order valence-corrected chi connectivity index (χ4v) is 10.1. The molecule has 3 fully saturated rings. The Morgan fingerprint density at radius 1 is 1.02 bits per heavy atom. The largest absolute Gasteiger partial charge is 0.468 e. The van der Waals surface area contributed by atoms with Crippen molar-refractivity contribution in [2.24, 2.45) is 29.1 Å². The van der Waals surface area contributed by atoms with Crippen LogP contribution in [-0.2, 0) is 49.3 Å².